The molecular weight excluding hydrogens is 242 g/mol. The van der Waals surface area contributed by atoms with Crippen LogP contribution in [0.2, 0.25) is 0 Å². The first-order valence-electron chi connectivity index (χ1n) is 7.22. The molecule has 2 fully saturated rings. The van der Waals surface area contributed by atoms with Gasteiger partial charge in [0.25, 0.3) is 0 Å². The lowest BCUT2D eigenvalue weighted by Crippen LogP contribution is -2.17. The van der Waals surface area contributed by atoms with Crippen LogP contribution in [0.25, 0.3) is 0 Å². The van der Waals surface area contributed by atoms with Gasteiger partial charge in [0.2, 0.25) is 5.88 Å². The van der Waals surface area contributed by atoms with Crippen LogP contribution in [0.4, 0.5) is 5.82 Å². The molecular formula is C14H21N3O2. The zero-order valence-corrected chi connectivity index (χ0v) is 11.4. The summed E-state index contributed by atoms with van der Waals surface area (Å²) in [6.45, 7) is 4.36. The van der Waals surface area contributed by atoms with E-state index in [1.54, 1.807) is 0 Å². The van der Waals surface area contributed by atoms with Crippen LogP contribution in [-0.2, 0) is 4.74 Å². The molecule has 1 aliphatic carbocycles. The van der Waals surface area contributed by atoms with Gasteiger partial charge in [-0.2, -0.15) is 4.98 Å². The van der Waals surface area contributed by atoms with Gasteiger partial charge in [-0.25, -0.2) is 4.98 Å². The topological polar surface area (TPSA) is 56.3 Å². The maximum atomic E-state index is 5.78. The zero-order valence-electron chi connectivity index (χ0n) is 11.4. The molecule has 1 aliphatic heterocycles. The molecule has 1 saturated heterocycles. The molecule has 19 heavy (non-hydrogen) atoms. The Morgan fingerprint density at radius 3 is 2.95 bits per heavy atom. The number of nitrogens with one attached hydrogen (secondary N) is 1. The SMILES string of the molecule is CCNc1cc(OCC2CCCO2)nc(C2CC2)n1. The van der Waals surface area contributed by atoms with E-state index in [1.165, 1.54) is 12.8 Å². The Morgan fingerprint density at radius 1 is 1.37 bits per heavy atom. The van der Waals surface area contributed by atoms with Crippen LogP contribution >= 0.6 is 0 Å². The summed E-state index contributed by atoms with van der Waals surface area (Å²) >= 11 is 0. The van der Waals surface area contributed by atoms with Crippen LogP contribution < -0.4 is 10.1 Å². The van der Waals surface area contributed by atoms with Crippen molar-refractivity contribution in [3.63, 3.8) is 0 Å². The molecule has 0 amide bonds. The van der Waals surface area contributed by atoms with Crippen molar-refractivity contribution in [1.82, 2.24) is 9.97 Å². The van der Waals surface area contributed by atoms with Crippen LogP contribution in [0, 0.1) is 0 Å². The molecule has 0 spiro atoms. The summed E-state index contributed by atoms with van der Waals surface area (Å²) in [5, 5.41) is 3.24. The quantitative estimate of drug-likeness (QED) is 0.853. The molecule has 1 aromatic heterocycles. The molecule has 1 N–H and O–H groups in total. The van der Waals surface area contributed by atoms with Gasteiger partial charge in [0, 0.05) is 25.1 Å². The molecule has 1 unspecified atom stereocenters. The molecule has 1 aromatic rings. The monoisotopic (exact) mass is 263 g/mol. The fourth-order valence-electron chi connectivity index (χ4n) is 2.27. The summed E-state index contributed by atoms with van der Waals surface area (Å²) in [7, 11) is 0. The van der Waals surface area contributed by atoms with E-state index in [1.807, 2.05) is 6.07 Å². The van der Waals surface area contributed by atoms with Gasteiger partial charge >= 0.3 is 0 Å². The van der Waals surface area contributed by atoms with E-state index in [2.05, 4.69) is 22.2 Å². The summed E-state index contributed by atoms with van der Waals surface area (Å²) in [5.74, 6) is 2.98. The minimum absolute atomic E-state index is 0.224. The van der Waals surface area contributed by atoms with Crippen molar-refractivity contribution in [2.45, 2.75) is 44.6 Å². The Bertz CT molecular complexity index is 429. The smallest absolute Gasteiger partial charge is 0.218 e. The fraction of sp³-hybridized carbons (Fsp3) is 0.714. The van der Waals surface area contributed by atoms with Gasteiger partial charge < -0.3 is 14.8 Å². The van der Waals surface area contributed by atoms with E-state index >= 15 is 0 Å². The Kier molecular flexibility index (Phi) is 3.82. The first-order chi connectivity index (χ1) is 9.35. The third-order valence-electron chi connectivity index (χ3n) is 3.46. The number of aromatic nitrogens is 2. The second-order valence-corrected chi connectivity index (χ2v) is 5.20. The molecule has 1 atom stereocenters. The van der Waals surface area contributed by atoms with E-state index in [0.717, 1.165) is 37.6 Å². The van der Waals surface area contributed by atoms with Crippen LogP contribution in [0.15, 0.2) is 6.07 Å². The van der Waals surface area contributed by atoms with E-state index in [9.17, 15) is 0 Å². The highest BCUT2D eigenvalue weighted by atomic mass is 16.5. The molecule has 2 heterocycles. The third kappa shape index (κ3) is 3.35. The van der Waals surface area contributed by atoms with Gasteiger partial charge in [-0.1, -0.05) is 0 Å². The van der Waals surface area contributed by atoms with Crippen molar-refractivity contribution in [2.24, 2.45) is 0 Å². The molecule has 5 nitrogen and oxygen atoms in total. The van der Waals surface area contributed by atoms with Gasteiger partial charge in [-0.05, 0) is 32.6 Å². The number of hydrogen-bond donors (Lipinski definition) is 1. The Balaban J connectivity index is 1.67. The number of rotatable bonds is 6. The Hall–Kier alpha value is -1.36. The van der Waals surface area contributed by atoms with Crippen molar-refractivity contribution in [3.8, 4) is 5.88 Å². The third-order valence-corrected chi connectivity index (χ3v) is 3.46. The van der Waals surface area contributed by atoms with Crippen LogP contribution in [0.1, 0.15) is 44.3 Å². The number of anilines is 1. The fourth-order valence-corrected chi connectivity index (χ4v) is 2.27. The number of hydrogen-bond acceptors (Lipinski definition) is 5. The first kappa shape index (κ1) is 12.7. The minimum Gasteiger partial charge on any atom is -0.475 e. The Morgan fingerprint density at radius 2 is 2.26 bits per heavy atom. The van der Waals surface area contributed by atoms with E-state index in [-0.39, 0.29) is 6.10 Å². The second kappa shape index (κ2) is 5.74. The second-order valence-electron chi connectivity index (χ2n) is 5.20. The van der Waals surface area contributed by atoms with E-state index < -0.39 is 0 Å². The van der Waals surface area contributed by atoms with Crippen LogP contribution in [0.5, 0.6) is 5.88 Å². The lowest BCUT2D eigenvalue weighted by molar-refractivity contribution is 0.0662. The number of nitrogens with zero attached hydrogens (tertiary/aromatic N) is 2. The predicted molar refractivity (Wildman–Crippen MR) is 72.6 cm³/mol. The average Bonchev–Trinajstić information content (AvgIpc) is 3.14. The van der Waals surface area contributed by atoms with Gasteiger partial charge in [-0.15, -0.1) is 0 Å². The standard InChI is InChI=1S/C14H21N3O2/c1-2-15-12-8-13(17-14(16-12)10-5-6-10)19-9-11-4-3-7-18-11/h8,10-11H,2-7,9H2,1H3,(H,15,16,17). The highest BCUT2D eigenvalue weighted by molar-refractivity contribution is 5.39. The maximum Gasteiger partial charge on any atom is 0.218 e. The lowest BCUT2D eigenvalue weighted by atomic mass is 10.2. The normalized spacial score (nSPS) is 22.5. The zero-order chi connectivity index (χ0) is 13.1. The molecule has 104 valence electrons. The highest BCUT2D eigenvalue weighted by Gasteiger charge is 2.27. The minimum atomic E-state index is 0.224. The summed E-state index contributed by atoms with van der Waals surface area (Å²) in [4.78, 5) is 9.04. The highest BCUT2D eigenvalue weighted by Crippen LogP contribution is 2.39. The van der Waals surface area contributed by atoms with Crippen LogP contribution in [0.3, 0.4) is 0 Å². The number of ether oxygens (including phenoxy) is 2. The van der Waals surface area contributed by atoms with Crippen molar-refractivity contribution in [1.29, 1.82) is 0 Å². The van der Waals surface area contributed by atoms with Gasteiger partial charge in [0.15, 0.2) is 0 Å². The first-order valence-corrected chi connectivity index (χ1v) is 7.22. The van der Waals surface area contributed by atoms with E-state index in [4.69, 9.17) is 9.47 Å². The summed E-state index contributed by atoms with van der Waals surface area (Å²) in [5.41, 5.74) is 0. The van der Waals surface area contributed by atoms with Crippen molar-refractivity contribution in [3.05, 3.63) is 11.9 Å². The molecule has 2 aliphatic rings. The molecule has 1 saturated carbocycles. The molecule has 0 aromatic carbocycles. The van der Waals surface area contributed by atoms with Gasteiger partial charge in [-0.3, -0.25) is 0 Å². The predicted octanol–water partition coefficient (Wildman–Crippen LogP) is 2.34. The van der Waals surface area contributed by atoms with Crippen molar-refractivity contribution >= 4 is 5.82 Å². The van der Waals surface area contributed by atoms with Crippen molar-refractivity contribution in [2.75, 3.05) is 25.1 Å². The van der Waals surface area contributed by atoms with Gasteiger partial charge in [0.05, 0.1) is 6.10 Å². The molecule has 3 rings (SSSR count). The largest absolute Gasteiger partial charge is 0.475 e. The van der Waals surface area contributed by atoms with E-state index in [0.29, 0.717) is 18.4 Å². The molecule has 5 heteroatoms. The lowest BCUT2D eigenvalue weighted by Gasteiger charge is -2.12. The van der Waals surface area contributed by atoms with Crippen molar-refractivity contribution < 1.29 is 9.47 Å². The summed E-state index contributed by atoms with van der Waals surface area (Å²) < 4.78 is 11.3. The summed E-state index contributed by atoms with van der Waals surface area (Å²) in [6, 6.07) is 1.88. The summed E-state index contributed by atoms with van der Waals surface area (Å²) in [6.07, 6.45) is 4.83. The molecule has 0 bridgehead atoms. The van der Waals surface area contributed by atoms with Gasteiger partial charge in [0.1, 0.15) is 18.2 Å². The molecule has 0 radical (unpaired) electrons. The maximum absolute atomic E-state index is 5.78. The van der Waals surface area contributed by atoms with Crippen LogP contribution in [-0.4, -0.2) is 35.8 Å². The Labute approximate surface area is 113 Å². The average molecular weight is 263 g/mol.